The molecule has 10 nitrogen and oxygen atoms in total. The van der Waals surface area contributed by atoms with Crippen molar-refractivity contribution in [1.29, 1.82) is 0 Å². The van der Waals surface area contributed by atoms with Crippen LogP contribution in [0.3, 0.4) is 0 Å². The summed E-state index contributed by atoms with van der Waals surface area (Å²) in [5.74, 6) is 9.16. The highest BCUT2D eigenvalue weighted by Crippen LogP contribution is 2.22. The van der Waals surface area contributed by atoms with Gasteiger partial charge in [-0.2, -0.15) is 5.10 Å². The largest absolute Gasteiger partial charge is 0.307 e. The van der Waals surface area contributed by atoms with E-state index in [-0.39, 0.29) is 6.04 Å². The number of benzene rings is 1. The van der Waals surface area contributed by atoms with E-state index in [2.05, 4.69) is 57.1 Å². The molecule has 0 amide bonds. The first-order valence-corrected chi connectivity index (χ1v) is 10.5. The number of rotatable bonds is 2. The molecular formula is C23H18N10. The molecule has 1 unspecified atom stereocenters. The third-order valence-corrected chi connectivity index (χ3v) is 5.50. The van der Waals surface area contributed by atoms with E-state index in [0.29, 0.717) is 36.1 Å². The number of fused-ring (bicyclic) bond motifs is 2. The van der Waals surface area contributed by atoms with Crippen LogP contribution in [0.2, 0.25) is 0 Å². The Labute approximate surface area is 188 Å². The number of aromatic nitrogens is 9. The van der Waals surface area contributed by atoms with E-state index in [1.807, 2.05) is 25.1 Å². The Kier molecular flexibility index (Phi) is 4.59. The molecule has 2 N–H and O–H groups in total. The number of hydrogen-bond donors (Lipinski definition) is 2. The van der Waals surface area contributed by atoms with Gasteiger partial charge in [-0.1, -0.05) is 5.92 Å². The molecule has 0 bridgehead atoms. The van der Waals surface area contributed by atoms with E-state index in [0.717, 1.165) is 28.1 Å². The topological polar surface area (TPSA) is 123 Å². The third-order valence-electron chi connectivity index (χ3n) is 5.50. The molecular weight excluding hydrogens is 416 g/mol. The van der Waals surface area contributed by atoms with Gasteiger partial charge in [-0.05, 0) is 43.2 Å². The van der Waals surface area contributed by atoms with Gasteiger partial charge in [0.25, 0.3) is 0 Å². The van der Waals surface area contributed by atoms with Crippen LogP contribution in [0.1, 0.15) is 34.8 Å². The van der Waals surface area contributed by atoms with Crippen molar-refractivity contribution in [3.63, 3.8) is 0 Å². The quantitative estimate of drug-likeness (QED) is 0.403. The van der Waals surface area contributed by atoms with Gasteiger partial charge in [0.05, 0.1) is 18.3 Å². The summed E-state index contributed by atoms with van der Waals surface area (Å²) in [6.45, 7) is 3.31. The summed E-state index contributed by atoms with van der Waals surface area (Å²) < 4.78 is 2.08. The van der Waals surface area contributed by atoms with E-state index < -0.39 is 0 Å². The van der Waals surface area contributed by atoms with Crippen molar-refractivity contribution in [2.75, 3.05) is 6.54 Å². The average molecular weight is 434 g/mol. The molecule has 4 aromatic heterocycles. The van der Waals surface area contributed by atoms with Crippen LogP contribution < -0.4 is 5.32 Å². The smallest absolute Gasteiger partial charge is 0.179 e. The van der Waals surface area contributed by atoms with Gasteiger partial charge in [-0.25, -0.2) is 19.9 Å². The molecule has 0 aliphatic carbocycles. The second kappa shape index (κ2) is 7.89. The van der Waals surface area contributed by atoms with E-state index in [9.17, 15) is 0 Å². The van der Waals surface area contributed by atoms with Crippen molar-refractivity contribution in [3.05, 3.63) is 77.7 Å². The van der Waals surface area contributed by atoms with Gasteiger partial charge in [-0.3, -0.25) is 5.10 Å². The van der Waals surface area contributed by atoms with Crippen LogP contribution in [0.15, 0.2) is 48.9 Å². The molecule has 10 heteroatoms. The Morgan fingerprint density at radius 1 is 1.03 bits per heavy atom. The second-order valence-electron chi connectivity index (χ2n) is 7.67. The Morgan fingerprint density at radius 3 is 2.94 bits per heavy atom. The zero-order valence-electron chi connectivity index (χ0n) is 17.7. The van der Waals surface area contributed by atoms with Gasteiger partial charge in [0.1, 0.15) is 29.1 Å². The van der Waals surface area contributed by atoms with Gasteiger partial charge in [0, 0.05) is 29.9 Å². The van der Waals surface area contributed by atoms with Crippen molar-refractivity contribution < 1.29 is 0 Å². The number of aryl methyl sites for hydroxylation is 1. The number of aromatic amines is 1. The summed E-state index contributed by atoms with van der Waals surface area (Å²) in [4.78, 5) is 18.3. The summed E-state index contributed by atoms with van der Waals surface area (Å²) in [5, 5.41) is 19.8. The zero-order valence-corrected chi connectivity index (χ0v) is 17.7. The number of hydrogen-bond acceptors (Lipinski definition) is 8. The van der Waals surface area contributed by atoms with Gasteiger partial charge < -0.3 is 9.88 Å². The standard InChI is InChI=1S/C23H18N10/c1-14-30-32-21-13-24-12-20(33(14)21)23-26-9-7-19(29-23)22-25-8-6-17(28-22)4-2-15-3-5-18-16(10-15)11-27-31-18/h3,5-11,20,24H,12-13H2,1H3,(H,27,31). The monoisotopic (exact) mass is 434 g/mol. The van der Waals surface area contributed by atoms with Crippen LogP contribution in [-0.4, -0.2) is 51.4 Å². The zero-order chi connectivity index (χ0) is 22.2. The molecule has 0 radical (unpaired) electrons. The van der Waals surface area contributed by atoms with E-state index in [1.165, 1.54) is 0 Å². The van der Waals surface area contributed by atoms with Crippen LogP contribution in [0.5, 0.6) is 0 Å². The number of nitrogens with one attached hydrogen (secondary N) is 2. The van der Waals surface area contributed by atoms with Crippen molar-refractivity contribution >= 4 is 10.9 Å². The molecule has 33 heavy (non-hydrogen) atoms. The minimum atomic E-state index is -0.0930. The maximum atomic E-state index is 4.76. The maximum Gasteiger partial charge on any atom is 0.179 e. The van der Waals surface area contributed by atoms with Crippen LogP contribution in [-0.2, 0) is 6.54 Å². The molecule has 1 aliphatic heterocycles. The van der Waals surface area contributed by atoms with Crippen molar-refractivity contribution in [2.45, 2.75) is 19.5 Å². The van der Waals surface area contributed by atoms with Crippen LogP contribution in [0, 0.1) is 18.8 Å². The van der Waals surface area contributed by atoms with Gasteiger partial charge in [0.15, 0.2) is 11.6 Å². The van der Waals surface area contributed by atoms with E-state index in [1.54, 1.807) is 30.7 Å². The molecule has 5 aromatic rings. The first kappa shape index (κ1) is 19.2. The number of H-pyrrole nitrogens is 1. The molecule has 1 aromatic carbocycles. The molecule has 160 valence electrons. The normalized spacial score (nSPS) is 15.1. The average Bonchev–Trinajstić information content (AvgIpc) is 3.49. The first-order chi connectivity index (χ1) is 16.2. The molecule has 1 atom stereocenters. The fourth-order valence-corrected chi connectivity index (χ4v) is 3.93. The van der Waals surface area contributed by atoms with E-state index in [4.69, 9.17) is 4.98 Å². The fraction of sp³-hybridized carbons (Fsp3) is 0.174. The fourth-order valence-electron chi connectivity index (χ4n) is 3.93. The summed E-state index contributed by atoms with van der Waals surface area (Å²) in [7, 11) is 0. The molecule has 0 saturated carbocycles. The minimum Gasteiger partial charge on any atom is -0.307 e. The molecule has 6 rings (SSSR count). The molecule has 0 saturated heterocycles. The second-order valence-corrected chi connectivity index (χ2v) is 7.67. The summed E-state index contributed by atoms with van der Waals surface area (Å²) in [5.41, 5.74) is 3.12. The van der Waals surface area contributed by atoms with E-state index >= 15 is 0 Å². The van der Waals surface area contributed by atoms with Gasteiger partial charge in [-0.15, -0.1) is 10.2 Å². The Morgan fingerprint density at radius 2 is 1.97 bits per heavy atom. The summed E-state index contributed by atoms with van der Waals surface area (Å²) in [6.07, 6.45) is 5.20. The van der Waals surface area contributed by atoms with Crippen LogP contribution in [0.4, 0.5) is 0 Å². The highest BCUT2D eigenvalue weighted by Gasteiger charge is 2.26. The molecule has 5 heterocycles. The highest BCUT2D eigenvalue weighted by molar-refractivity contribution is 5.79. The van der Waals surface area contributed by atoms with Crippen LogP contribution in [0.25, 0.3) is 22.4 Å². The molecule has 0 fully saturated rings. The lowest BCUT2D eigenvalue weighted by molar-refractivity contribution is 0.422. The summed E-state index contributed by atoms with van der Waals surface area (Å²) in [6, 6.07) is 9.40. The number of nitrogens with zero attached hydrogens (tertiary/aromatic N) is 8. The lowest BCUT2D eigenvalue weighted by Crippen LogP contribution is -2.35. The maximum absolute atomic E-state index is 4.76. The Balaban J connectivity index is 1.31. The summed E-state index contributed by atoms with van der Waals surface area (Å²) >= 11 is 0. The molecule has 0 spiro atoms. The lowest BCUT2D eigenvalue weighted by Gasteiger charge is -2.25. The van der Waals surface area contributed by atoms with Crippen molar-refractivity contribution in [1.82, 2.24) is 50.2 Å². The lowest BCUT2D eigenvalue weighted by atomic mass is 10.1. The van der Waals surface area contributed by atoms with Gasteiger partial charge >= 0.3 is 0 Å². The predicted octanol–water partition coefficient (Wildman–Crippen LogP) is 1.80. The Bertz CT molecular complexity index is 1540. The minimum absolute atomic E-state index is 0.0930. The van der Waals surface area contributed by atoms with Gasteiger partial charge in [0.2, 0.25) is 0 Å². The third kappa shape index (κ3) is 3.60. The highest BCUT2D eigenvalue weighted by atomic mass is 15.3. The van der Waals surface area contributed by atoms with Crippen molar-refractivity contribution in [2.24, 2.45) is 0 Å². The molecule has 1 aliphatic rings. The van der Waals surface area contributed by atoms with Crippen molar-refractivity contribution in [3.8, 4) is 23.4 Å². The van der Waals surface area contributed by atoms with Crippen LogP contribution >= 0.6 is 0 Å². The Hall–Kier alpha value is -4.49. The SMILES string of the molecule is Cc1nnc2n1C(c1nccc(-c3nccc(C#Cc4ccc5[nH]ncc5c4)n3)n1)CNC2. The predicted molar refractivity (Wildman–Crippen MR) is 120 cm³/mol. The first-order valence-electron chi connectivity index (χ1n) is 10.5.